The molecule has 8 heteroatoms. The molecule has 0 radical (unpaired) electrons. The number of carbonyl (C=O) groups excluding carboxylic acids is 2. The highest BCUT2D eigenvalue weighted by atomic mass is 19.1. The third-order valence-corrected chi connectivity index (χ3v) is 4.68. The normalized spacial score (nSPS) is 12.2. The number of carbonyl (C=O) groups is 2. The number of fused-ring (bicyclic) bond motifs is 1. The van der Waals surface area contributed by atoms with Crippen molar-refractivity contribution in [2.45, 2.75) is 19.8 Å². The van der Waals surface area contributed by atoms with Gasteiger partial charge < -0.3 is 15.5 Å². The number of benzene rings is 2. The highest BCUT2D eigenvalue weighted by Gasteiger charge is 2.27. The van der Waals surface area contributed by atoms with Crippen molar-refractivity contribution in [3.63, 3.8) is 0 Å². The Bertz CT molecular complexity index is 1090. The van der Waals surface area contributed by atoms with Crippen LogP contribution in [-0.4, -0.2) is 33.3 Å². The van der Waals surface area contributed by atoms with Gasteiger partial charge in [-0.05, 0) is 43.7 Å². The van der Waals surface area contributed by atoms with Crippen LogP contribution in [-0.2, 0) is 4.79 Å². The van der Waals surface area contributed by atoms with Crippen LogP contribution in [0.1, 0.15) is 34.5 Å². The van der Waals surface area contributed by atoms with E-state index >= 15 is 0 Å². The van der Waals surface area contributed by atoms with Gasteiger partial charge in [0.1, 0.15) is 12.5 Å². The Labute approximate surface area is 159 Å². The molecular formula is C20H18F2N2O4. The van der Waals surface area contributed by atoms with Gasteiger partial charge in [0.25, 0.3) is 5.91 Å². The van der Waals surface area contributed by atoms with E-state index < -0.39 is 41.8 Å². The van der Waals surface area contributed by atoms with E-state index in [1.807, 2.05) is 0 Å². The molecule has 146 valence electrons. The predicted octanol–water partition coefficient (Wildman–Crippen LogP) is 2.79. The third-order valence-electron chi connectivity index (χ3n) is 4.68. The number of aromatic nitrogens is 1. The van der Waals surface area contributed by atoms with Gasteiger partial charge in [0.15, 0.2) is 11.6 Å². The van der Waals surface area contributed by atoms with Gasteiger partial charge in [0.2, 0.25) is 5.91 Å². The Morgan fingerprint density at radius 3 is 2.57 bits per heavy atom. The molecule has 28 heavy (non-hydrogen) atoms. The number of aromatic hydroxyl groups is 1. The van der Waals surface area contributed by atoms with E-state index in [9.17, 15) is 23.5 Å². The number of phenols is 1. The lowest BCUT2D eigenvalue weighted by molar-refractivity contribution is -0.123. The van der Waals surface area contributed by atoms with Gasteiger partial charge in [-0.1, -0.05) is 6.07 Å². The van der Waals surface area contributed by atoms with E-state index in [1.54, 1.807) is 13.8 Å². The van der Waals surface area contributed by atoms with Crippen molar-refractivity contribution in [3.05, 3.63) is 64.9 Å². The Morgan fingerprint density at radius 1 is 1.21 bits per heavy atom. The average Bonchev–Trinajstić information content (AvgIpc) is 2.92. The van der Waals surface area contributed by atoms with Crippen molar-refractivity contribution in [2.24, 2.45) is 0 Å². The number of halogens is 2. The minimum absolute atomic E-state index is 0.0486. The Morgan fingerprint density at radius 2 is 1.93 bits per heavy atom. The van der Waals surface area contributed by atoms with Crippen molar-refractivity contribution in [2.75, 3.05) is 6.73 Å². The molecule has 3 rings (SSSR count). The lowest BCUT2D eigenvalue weighted by Crippen LogP contribution is -2.29. The van der Waals surface area contributed by atoms with Gasteiger partial charge in [0.05, 0.1) is 11.4 Å². The number of phenolic OH excluding ortho intramolecular Hbond substituents is 1. The zero-order valence-electron chi connectivity index (χ0n) is 15.2. The van der Waals surface area contributed by atoms with Crippen molar-refractivity contribution >= 4 is 22.7 Å². The summed E-state index contributed by atoms with van der Waals surface area (Å²) in [6.45, 7) is 2.57. The zero-order chi connectivity index (χ0) is 20.6. The van der Waals surface area contributed by atoms with Crippen LogP contribution in [0.3, 0.4) is 0 Å². The molecule has 3 aromatic rings. The standard InChI is InChI=1S/C20H18F2N2O4/c1-10(19(27)23-9-25)18-11(2)24(16-8-15(22)17(26)7-14(16)18)20(28)12-4-3-5-13(21)6-12/h3-8,10,25-26H,9H2,1-2H3,(H,23,27). The van der Waals surface area contributed by atoms with Crippen molar-refractivity contribution in [3.8, 4) is 5.75 Å². The summed E-state index contributed by atoms with van der Waals surface area (Å²) < 4.78 is 28.8. The number of hydrogen-bond donors (Lipinski definition) is 3. The molecule has 1 unspecified atom stereocenters. The van der Waals surface area contributed by atoms with Crippen molar-refractivity contribution in [1.82, 2.24) is 9.88 Å². The van der Waals surface area contributed by atoms with E-state index in [2.05, 4.69) is 5.32 Å². The van der Waals surface area contributed by atoms with Gasteiger partial charge in [0, 0.05) is 22.7 Å². The van der Waals surface area contributed by atoms with Gasteiger partial charge in [-0.15, -0.1) is 0 Å². The van der Waals surface area contributed by atoms with Crippen LogP contribution in [0, 0.1) is 18.6 Å². The van der Waals surface area contributed by atoms with Crippen LogP contribution < -0.4 is 5.32 Å². The summed E-state index contributed by atoms with van der Waals surface area (Å²) in [5.74, 6) is -4.07. The summed E-state index contributed by atoms with van der Waals surface area (Å²) in [6, 6.07) is 7.21. The highest BCUT2D eigenvalue weighted by molar-refractivity contribution is 6.05. The lowest BCUT2D eigenvalue weighted by Gasteiger charge is -2.12. The fourth-order valence-electron chi connectivity index (χ4n) is 3.37. The van der Waals surface area contributed by atoms with E-state index in [1.165, 1.54) is 22.8 Å². The Balaban J connectivity index is 2.28. The van der Waals surface area contributed by atoms with Crippen LogP contribution in [0.5, 0.6) is 5.75 Å². The number of aliphatic hydroxyl groups is 1. The first kappa shape index (κ1) is 19.5. The Kier molecular flexibility index (Phi) is 5.15. The molecule has 0 spiro atoms. The molecule has 0 aliphatic carbocycles. The van der Waals surface area contributed by atoms with Crippen molar-refractivity contribution < 1.29 is 28.6 Å². The Hall–Kier alpha value is -3.26. The maximum atomic E-state index is 14.0. The number of nitrogens with one attached hydrogen (secondary N) is 1. The fraction of sp³-hybridized carbons (Fsp3) is 0.200. The molecule has 2 aromatic carbocycles. The van der Waals surface area contributed by atoms with Gasteiger partial charge in [-0.25, -0.2) is 8.78 Å². The topological polar surface area (TPSA) is 91.6 Å². The van der Waals surface area contributed by atoms with E-state index in [-0.39, 0.29) is 11.1 Å². The van der Waals surface area contributed by atoms with E-state index in [4.69, 9.17) is 5.11 Å². The van der Waals surface area contributed by atoms with Gasteiger partial charge in [-0.2, -0.15) is 0 Å². The number of aliphatic hydroxyl groups excluding tert-OH is 1. The second kappa shape index (κ2) is 7.40. The molecular weight excluding hydrogens is 370 g/mol. The number of amides is 1. The molecule has 0 saturated heterocycles. The van der Waals surface area contributed by atoms with Crippen molar-refractivity contribution in [1.29, 1.82) is 0 Å². The minimum Gasteiger partial charge on any atom is -0.505 e. The summed E-state index contributed by atoms with van der Waals surface area (Å²) >= 11 is 0. The lowest BCUT2D eigenvalue weighted by atomic mass is 9.97. The summed E-state index contributed by atoms with van der Waals surface area (Å²) in [4.78, 5) is 25.3. The van der Waals surface area contributed by atoms with E-state index in [0.29, 0.717) is 16.6 Å². The van der Waals surface area contributed by atoms with Crippen LogP contribution in [0.25, 0.3) is 10.9 Å². The summed E-state index contributed by atoms with van der Waals surface area (Å²) in [5.41, 5.74) is 0.920. The highest BCUT2D eigenvalue weighted by Crippen LogP contribution is 2.36. The first-order chi connectivity index (χ1) is 13.3. The maximum Gasteiger partial charge on any atom is 0.262 e. The smallest absolute Gasteiger partial charge is 0.262 e. The van der Waals surface area contributed by atoms with Crippen LogP contribution in [0.15, 0.2) is 36.4 Å². The molecule has 0 aliphatic rings. The second-order valence-electron chi connectivity index (χ2n) is 6.39. The van der Waals surface area contributed by atoms with Crippen LogP contribution >= 0.6 is 0 Å². The maximum absolute atomic E-state index is 14.0. The SMILES string of the molecule is Cc1c(C(C)C(=O)NCO)c2cc(O)c(F)cc2n1C(=O)c1cccc(F)c1. The number of hydrogen-bond acceptors (Lipinski definition) is 4. The number of rotatable bonds is 4. The largest absolute Gasteiger partial charge is 0.505 e. The molecule has 6 nitrogen and oxygen atoms in total. The molecule has 0 aliphatic heterocycles. The molecule has 0 saturated carbocycles. The number of nitrogens with zero attached hydrogens (tertiary/aromatic N) is 1. The first-order valence-corrected chi connectivity index (χ1v) is 8.48. The monoisotopic (exact) mass is 388 g/mol. The van der Waals surface area contributed by atoms with Gasteiger partial charge in [-0.3, -0.25) is 14.2 Å². The fourth-order valence-corrected chi connectivity index (χ4v) is 3.37. The second-order valence-corrected chi connectivity index (χ2v) is 6.39. The molecule has 1 heterocycles. The molecule has 1 amide bonds. The van der Waals surface area contributed by atoms with Gasteiger partial charge >= 0.3 is 0 Å². The first-order valence-electron chi connectivity index (χ1n) is 8.48. The summed E-state index contributed by atoms with van der Waals surface area (Å²) in [7, 11) is 0. The van der Waals surface area contributed by atoms with Crippen LogP contribution in [0.2, 0.25) is 0 Å². The summed E-state index contributed by atoms with van der Waals surface area (Å²) in [6.07, 6.45) is 0. The minimum atomic E-state index is -0.933. The quantitative estimate of drug-likeness (QED) is 0.600. The zero-order valence-corrected chi connectivity index (χ0v) is 15.2. The predicted molar refractivity (Wildman–Crippen MR) is 98.1 cm³/mol. The van der Waals surface area contributed by atoms with Crippen LogP contribution in [0.4, 0.5) is 8.78 Å². The third kappa shape index (κ3) is 3.22. The molecule has 3 N–H and O–H groups in total. The molecule has 1 atom stereocenters. The summed E-state index contributed by atoms with van der Waals surface area (Å²) in [5, 5.41) is 21.3. The molecule has 0 fully saturated rings. The molecule has 1 aromatic heterocycles. The average molecular weight is 388 g/mol. The molecule has 0 bridgehead atoms. The van der Waals surface area contributed by atoms with E-state index in [0.717, 1.165) is 18.2 Å².